The number of hydrogen-bond acceptors (Lipinski definition) is 2. The van der Waals surface area contributed by atoms with E-state index in [1.165, 1.54) is 5.56 Å². The molecule has 0 spiro atoms. The van der Waals surface area contributed by atoms with Crippen LogP contribution in [0.5, 0.6) is 5.75 Å². The highest BCUT2D eigenvalue weighted by molar-refractivity contribution is 5.94. The zero-order valence-corrected chi connectivity index (χ0v) is 12.9. The first-order valence-electron chi connectivity index (χ1n) is 7.07. The first-order valence-corrected chi connectivity index (χ1v) is 7.07. The van der Waals surface area contributed by atoms with Gasteiger partial charge >= 0.3 is 0 Å². The van der Waals surface area contributed by atoms with Gasteiger partial charge in [-0.25, -0.2) is 0 Å². The fourth-order valence-corrected chi connectivity index (χ4v) is 2.13. The van der Waals surface area contributed by atoms with Crippen molar-refractivity contribution in [1.29, 1.82) is 0 Å². The van der Waals surface area contributed by atoms with Crippen LogP contribution in [0.2, 0.25) is 0 Å². The van der Waals surface area contributed by atoms with Gasteiger partial charge < -0.3 is 10.1 Å². The lowest BCUT2D eigenvalue weighted by atomic mass is 10.1. The van der Waals surface area contributed by atoms with E-state index in [1.807, 2.05) is 63.2 Å². The van der Waals surface area contributed by atoms with E-state index in [1.54, 1.807) is 6.92 Å². The molecular weight excluding hydrogens is 262 g/mol. The van der Waals surface area contributed by atoms with E-state index in [0.29, 0.717) is 5.75 Å². The molecule has 0 aliphatic heterocycles. The molecule has 1 unspecified atom stereocenters. The number of rotatable bonds is 4. The van der Waals surface area contributed by atoms with Crippen molar-refractivity contribution < 1.29 is 9.53 Å². The van der Waals surface area contributed by atoms with E-state index < -0.39 is 6.10 Å². The Morgan fingerprint density at radius 3 is 2.43 bits per heavy atom. The zero-order chi connectivity index (χ0) is 15.4. The summed E-state index contributed by atoms with van der Waals surface area (Å²) in [4.78, 5) is 12.2. The lowest BCUT2D eigenvalue weighted by molar-refractivity contribution is -0.122. The van der Waals surface area contributed by atoms with Crippen LogP contribution < -0.4 is 10.1 Å². The number of hydrogen-bond donors (Lipinski definition) is 1. The summed E-state index contributed by atoms with van der Waals surface area (Å²) >= 11 is 0. The van der Waals surface area contributed by atoms with Gasteiger partial charge in [0.15, 0.2) is 6.10 Å². The molecule has 1 N–H and O–H groups in total. The molecule has 2 aromatic rings. The van der Waals surface area contributed by atoms with Crippen LogP contribution in [0.15, 0.2) is 42.5 Å². The Morgan fingerprint density at radius 2 is 1.76 bits per heavy atom. The van der Waals surface area contributed by atoms with Gasteiger partial charge in [0.2, 0.25) is 0 Å². The van der Waals surface area contributed by atoms with E-state index in [0.717, 1.165) is 16.8 Å². The molecule has 2 aromatic carbocycles. The third kappa shape index (κ3) is 4.09. The molecule has 0 radical (unpaired) electrons. The van der Waals surface area contributed by atoms with Crippen molar-refractivity contribution in [3.63, 3.8) is 0 Å². The average Bonchev–Trinajstić information content (AvgIpc) is 2.41. The third-order valence-electron chi connectivity index (χ3n) is 3.31. The second kappa shape index (κ2) is 6.44. The van der Waals surface area contributed by atoms with Crippen LogP contribution in [0.1, 0.15) is 23.6 Å². The Hall–Kier alpha value is -2.29. The van der Waals surface area contributed by atoms with Crippen molar-refractivity contribution in [2.45, 2.75) is 33.8 Å². The third-order valence-corrected chi connectivity index (χ3v) is 3.31. The molecule has 0 aliphatic carbocycles. The Balaban J connectivity index is 2.02. The van der Waals surface area contributed by atoms with E-state index in [2.05, 4.69) is 5.32 Å². The van der Waals surface area contributed by atoms with Crippen LogP contribution in [0.3, 0.4) is 0 Å². The summed E-state index contributed by atoms with van der Waals surface area (Å²) in [5.74, 6) is 0.557. The molecule has 0 aliphatic rings. The quantitative estimate of drug-likeness (QED) is 0.920. The van der Waals surface area contributed by atoms with Gasteiger partial charge in [-0.05, 0) is 57.0 Å². The summed E-state index contributed by atoms with van der Waals surface area (Å²) in [6.45, 7) is 7.76. The van der Waals surface area contributed by atoms with Crippen LogP contribution in [-0.4, -0.2) is 12.0 Å². The molecule has 0 aromatic heterocycles. The molecule has 0 saturated carbocycles. The number of anilines is 1. The Labute approximate surface area is 126 Å². The normalized spacial score (nSPS) is 11.8. The molecule has 2 rings (SSSR count). The first-order chi connectivity index (χ1) is 9.95. The van der Waals surface area contributed by atoms with E-state index in [-0.39, 0.29) is 5.91 Å². The van der Waals surface area contributed by atoms with Crippen LogP contribution in [0.4, 0.5) is 5.69 Å². The van der Waals surface area contributed by atoms with Crippen molar-refractivity contribution in [1.82, 2.24) is 0 Å². The topological polar surface area (TPSA) is 38.3 Å². The molecule has 0 heterocycles. The molecule has 0 bridgehead atoms. The fourth-order valence-electron chi connectivity index (χ4n) is 2.13. The van der Waals surface area contributed by atoms with Crippen LogP contribution >= 0.6 is 0 Å². The van der Waals surface area contributed by atoms with Gasteiger partial charge in [0.05, 0.1) is 0 Å². The number of ether oxygens (including phenoxy) is 1. The Kier molecular flexibility index (Phi) is 4.63. The minimum Gasteiger partial charge on any atom is -0.481 e. The van der Waals surface area contributed by atoms with Crippen molar-refractivity contribution in [3.05, 3.63) is 59.2 Å². The summed E-state index contributed by atoms with van der Waals surface area (Å²) in [7, 11) is 0. The maximum absolute atomic E-state index is 12.2. The summed E-state index contributed by atoms with van der Waals surface area (Å²) in [5, 5.41) is 2.91. The van der Waals surface area contributed by atoms with Crippen molar-refractivity contribution >= 4 is 11.6 Å². The van der Waals surface area contributed by atoms with Gasteiger partial charge in [0.25, 0.3) is 5.91 Å². The van der Waals surface area contributed by atoms with E-state index in [9.17, 15) is 4.79 Å². The highest BCUT2D eigenvalue weighted by Crippen LogP contribution is 2.18. The number of nitrogens with one attached hydrogen (secondary N) is 1. The summed E-state index contributed by atoms with van der Waals surface area (Å²) in [5.41, 5.74) is 4.15. The molecule has 1 atom stereocenters. The lowest BCUT2D eigenvalue weighted by Crippen LogP contribution is -2.30. The molecule has 110 valence electrons. The van der Waals surface area contributed by atoms with Gasteiger partial charge in [0, 0.05) is 5.69 Å². The number of carbonyl (C=O) groups excluding carboxylic acids is 1. The SMILES string of the molecule is Cc1cccc(OC(C)C(=O)Nc2ccc(C)cc2C)c1. The molecular formula is C18H21NO2. The summed E-state index contributed by atoms with van der Waals surface area (Å²) in [6, 6.07) is 13.6. The average molecular weight is 283 g/mol. The predicted molar refractivity (Wildman–Crippen MR) is 85.8 cm³/mol. The smallest absolute Gasteiger partial charge is 0.265 e. The fraction of sp³-hybridized carbons (Fsp3) is 0.278. The molecule has 21 heavy (non-hydrogen) atoms. The highest BCUT2D eigenvalue weighted by atomic mass is 16.5. The van der Waals surface area contributed by atoms with Gasteiger partial charge in [-0.3, -0.25) is 4.79 Å². The molecule has 3 nitrogen and oxygen atoms in total. The second-order valence-corrected chi connectivity index (χ2v) is 5.38. The highest BCUT2D eigenvalue weighted by Gasteiger charge is 2.15. The largest absolute Gasteiger partial charge is 0.481 e. The summed E-state index contributed by atoms with van der Waals surface area (Å²) < 4.78 is 5.68. The van der Waals surface area contributed by atoms with Crippen LogP contribution in [-0.2, 0) is 4.79 Å². The van der Waals surface area contributed by atoms with Gasteiger partial charge in [-0.15, -0.1) is 0 Å². The number of benzene rings is 2. The van der Waals surface area contributed by atoms with Gasteiger partial charge in [0.1, 0.15) is 5.75 Å². The Bertz CT molecular complexity index is 649. The molecule has 3 heteroatoms. The van der Waals surface area contributed by atoms with Gasteiger partial charge in [-0.1, -0.05) is 29.8 Å². The standard InChI is InChI=1S/C18H21NO2/c1-12-6-5-7-16(11-12)21-15(4)18(20)19-17-9-8-13(2)10-14(17)3/h5-11,15H,1-4H3,(H,19,20). The minimum absolute atomic E-state index is 0.150. The van der Waals surface area contributed by atoms with Crippen LogP contribution in [0.25, 0.3) is 0 Å². The molecule has 0 saturated heterocycles. The zero-order valence-electron chi connectivity index (χ0n) is 12.9. The maximum Gasteiger partial charge on any atom is 0.265 e. The predicted octanol–water partition coefficient (Wildman–Crippen LogP) is 4.02. The number of aryl methyl sites for hydroxylation is 3. The van der Waals surface area contributed by atoms with Crippen LogP contribution in [0, 0.1) is 20.8 Å². The summed E-state index contributed by atoms with van der Waals surface area (Å²) in [6.07, 6.45) is -0.549. The van der Waals surface area contributed by atoms with Crippen molar-refractivity contribution in [3.8, 4) is 5.75 Å². The first kappa shape index (κ1) is 15.1. The molecule has 0 fully saturated rings. The Morgan fingerprint density at radius 1 is 1.05 bits per heavy atom. The monoisotopic (exact) mass is 283 g/mol. The second-order valence-electron chi connectivity index (χ2n) is 5.38. The van der Waals surface area contributed by atoms with Crippen molar-refractivity contribution in [2.24, 2.45) is 0 Å². The minimum atomic E-state index is -0.549. The molecule has 1 amide bonds. The van der Waals surface area contributed by atoms with Crippen molar-refractivity contribution in [2.75, 3.05) is 5.32 Å². The lowest BCUT2D eigenvalue weighted by Gasteiger charge is -2.16. The maximum atomic E-state index is 12.2. The number of amides is 1. The number of carbonyl (C=O) groups is 1. The van der Waals surface area contributed by atoms with Gasteiger partial charge in [-0.2, -0.15) is 0 Å². The van der Waals surface area contributed by atoms with E-state index in [4.69, 9.17) is 4.74 Å². The van der Waals surface area contributed by atoms with E-state index >= 15 is 0 Å².